The first kappa shape index (κ1) is 16.0. The van der Waals surface area contributed by atoms with Gasteiger partial charge < -0.3 is 15.3 Å². The van der Waals surface area contributed by atoms with Crippen molar-refractivity contribution in [1.29, 1.82) is 0 Å². The summed E-state index contributed by atoms with van der Waals surface area (Å²) in [6.07, 6.45) is 0.821. The number of benzene rings is 1. The van der Waals surface area contributed by atoms with Crippen molar-refractivity contribution in [2.75, 3.05) is 24.6 Å². The van der Waals surface area contributed by atoms with Crippen LogP contribution in [0.2, 0.25) is 0 Å². The zero-order chi connectivity index (χ0) is 14.3. The van der Waals surface area contributed by atoms with E-state index in [2.05, 4.69) is 62.2 Å². The monoisotopic (exact) mass is 264 g/mol. The second kappa shape index (κ2) is 7.51. The van der Waals surface area contributed by atoms with Crippen LogP contribution in [-0.2, 0) is 6.54 Å². The number of anilines is 1. The van der Waals surface area contributed by atoms with Crippen molar-refractivity contribution < 1.29 is 5.11 Å². The molecule has 0 fully saturated rings. The molecule has 108 valence electrons. The average Bonchev–Trinajstić information content (AvgIpc) is 2.38. The van der Waals surface area contributed by atoms with Gasteiger partial charge in [0.2, 0.25) is 0 Å². The largest absolute Gasteiger partial charge is 0.396 e. The number of aliphatic hydroxyl groups excluding tert-OH is 1. The van der Waals surface area contributed by atoms with Gasteiger partial charge in [-0.1, -0.05) is 12.1 Å². The summed E-state index contributed by atoms with van der Waals surface area (Å²) < 4.78 is 0. The minimum atomic E-state index is 0.148. The van der Waals surface area contributed by atoms with E-state index in [0.717, 1.165) is 26.1 Å². The first-order valence-corrected chi connectivity index (χ1v) is 7.16. The van der Waals surface area contributed by atoms with Crippen molar-refractivity contribution in [2.45, 2.75) is 46.2 Å². The Labute approximate surface area is 117 Å². The van der Waals surface area contributed by atoms with Gasteiger partial charge in [0, 0.05) is 37.5 Å². The summed E-state index contributed by atoms with van der Waals surface area (Å²) in [5.74, 6) is 0. The van der Waals surface area contributed by atoms with E-state index in [1.165, 1.54) is 11.3 Å². The molecule has 0 unspecified atom stereocenters. The molecule has 0 saturated carbocycles. The number of nitrogens with zero attached hydrogens (tertiary/aromatic N) is 1. The smallest absolute Gasteiger partial charge is 0.0447 e. The lowest BCUT2D eigenvalue weighted by Gasteiger charge is -2.24. The van der Waals surface area contributed by atoms with Crippen LogP contribution in [0.25, 0.3) is 0 Å². The molecule has 0 spiro atoms. The highest BCUT2D eigenvalue weighted by Gasteiger charge is 2.08. The van der Waals surface area contributed by atoms with Gasteiger partial charge in [0.1, 0.15) is 0 Å². The van der Waals surface area contributed by atoms with Crippen LogP contribution in [0, 0.1) is 0 Å². The molecule has 0 aromatic heterocycles. The van der Waals surface area contributed by atoms with Gasteiger partial charge in [-0.25, -0.2) is 0 Å². The van der Waals surface area contributed by atoms with Gasteiger partial charge in [-0.2, -0.15) is 0 Å². The average molecular weight is 264 g/mol. The molecule has 0 saturated heterocycles. The van der Waals surface area contributed by atoms with Gasteiger partial charge in [-0.05, 0) is 51.8 Å². The van der Waals surface area contributed by atoms with E-state index >= 15 is 0 Å². The number of nitrogens with one attached hydrogen (secondary N) is 1. The predicted molar refractivity (Wildman–Crippen MR) is 82.6 cm³/mol. The van der Waals surface area contributed by atoms with E-state index in [9.17, 15) is 0 Å². The predicted octanol–water partition coefficient (Wildman–Crippen LogP) is 2.78. The molecule has 1 aromatic carbocycles. The molecule has 0 aliphatic heterocycles. The van der Waals surface area contributed by atoms with Gasteiger partial charge in [0.25, 0.3) is 0 Å². The highest BCUT2D eigenvalue weighted by Crippen LogP contribution is 2.16. The number of hydrogen-bond acceptors (Lipinski definition) is 3. The maximum absolute atomic E-state index is 8.91. The summed E-state index contributed by atoms with van der Waals surface area (Å²) in [6, 6.07) is 8.69. The maximum Gasteiger partial charge on any atom is 0.0447 e. The summed E-state index contributed by atoms with van der Waals surface area (Å²) in [6.45, 7) is 11.7. The molecule has 2 N–H and O–H groups in total. The van der Waals surface area contributed by atoms with E-state index in [0.29, 0.717) is 0 Å². The van der Waals surface area contributed by atoms with Crippen molar-refractivity contribution >= 4 is 5.69 Å². The third-order valence-electron chi connectivity index (χ3n) is 3.09. The molecule has 0 bridgehead atoms. The summed E-state index contributed by atoms with van der Waals surface area (Å²) in [4.78, 5) is 2.29. The lowest BCUT2D eigenvalue weighted by molar-refractivity contribution is 0.289. The van der Waals surface area contributed by atoms with E-state index in [1.54, 1.807) is 0 Å². The van der Waals surface area contributed by atoms with Crippen LogP contribution >= 0.6 is 0 Å². The molecule has 3 heteroatoms. The van der Waals surface area contributed by atoms with Crippen LogP contribution in [0.4, 0.5) is 5.69 Å². The first-order valence-electron chi connectivity index (χ1n) is 7.16. The fraction of sp³-hybridized carbons (Fsp3) is 0.625. The number of hydrogen-bond donors (Lipinski definition) is 2. The Morgan fingerprint density at radius 3 is 2.26 bits per heavy atom. The molecule has 0 aliphatic rings. The Balaban J connectivity index is 2.59. The van der Waals surface area contributed by atoms with E-state index in [-0.39, 0.29) is 12.1 Å². The van der Waals surface area contributed by atoms with Crippen molar-refractivity contribution in [2.24, 2.45) is 0 Å². The lowest BCUT2D eigenvalue weighted by Crippen LogP contribution is -2.35. The lowest BCUT2D eigenvalue weighted by atomic mass is 10.1. The van der Waals surface area contributed by atoms with Gasteiger partial charge >= 0.3 is 0 Å². The SMILES string of the molecule is CCN(CCCO)c1ccc(CNC(C)(C)C)cc1. The van der Waals surface area contributed by atoms with Gasteiger partial charge in [0.15, 0.2) is 0 Å². The van der Waals surface area contributed by atoms with E-state index in [1.807, 2.05) is 0 Å². The fourth-order valence-electron chi connectivity index (χ4n) is 1.92. The summed E-state index contributed by atoms with van der Waals surface area (Å²) in [7, 11) is 0. The molecule has 0 heterocycles. The Morgan fingerprint density at radius 1 is 1.16 bits per heavy atom. The highest BCUT2D eigenvalue weighted by molar-refractivity contribution is 5.47. The van der Waals surface area contributed by atoms with Crippen molar-refractivity contribution in [3.63, 3.8) is 0 Å². The number of aliphatic hydroxyl groups is 1. The van der Waals surface area contributed by atoms with E-state index in [4.69, 9.17) is 5.11 Å². The molecule has 3 nitrogen and oxygen atoms in total. The molecule has 0 aliphatic carbocycles. The van der Waals surface area contributed by atoms with Gasteiger partial charge in [-0.15, -0.1) is 0 Å². The summed E-state index contributed by atoms with van der Waals surface area (Å²) in [5, 5.41) is 12.4. The second-order valence-corrected chi connectivity index (χ2v) is 5.93. The third kappa shape index (κ3) is 6.08. The molecule has 0 amide bonds. The maximum atomic E-state index is 8.91. The second-order valence-electron chi connectivity index (χ2n) is 5.93. The molecule has 1 aromatic rings. The minimum Gasteiger partial charge on any atom is -0.396 e. The van der Waals surface area contributed by atoms with Crippen LogP contribution in [0.1, 0.15) is 39.7 Å². The van der Waals surface area contributed by atoms with Crippen LogP contribution in [0.5, 0.6) is 0 Å². The minimum absolute atomic E-state index is 0.148. The summed E-state index contributed by atoms with van der Waals surface area (Å²) >= 11 is 0. The molecule has 0 radical (unpaired) electrons. The fourth-order valence-corrected chi connectivity index (χ4v) is 1.92. The van der Waals surface area contributed by atoms with Crippen molar-refractivity contribution in [1.82, 2.24) is 5.32 Å². The molecule has 1 rings (SSSR count). The molecule has 0 atom stereocenters. The van der Waals surface area contributed by atoms with Crippen LogP contribution in [0.15, 0.2) is 24.3 Å². The Hall–Kier alpha value is -1.06. The third-order valence-corrected chi connectivity index (χ3v) is 3.09. The standard InChI is InChI=1S/C16H28N2O/c1-5-18(11-6-12-19)15-9-7-14(8-10-15)13-17-16(2,3)4/h7-10,17,19H,5-6,11-13H2,1-4H3. The molecular weight excluding hydrogens is 236 g/mol. The Kier molecular flexibility index (Phi) is 6.32. The summed E-state index contributed by atoms with van der Waals surface area (Å²) in [5.41, 5.74) is 2.68. The van der Waals surface area contributed by atoms with Crippen molar-refractivity contribution in [3.05, 3.63) is 29.8 Å². The van der Waals surface area contributed by atoms with Gasteiger partial charge in [0.05, 0.1) is 0 Å². The normalized spacial score (nSPS) is 11.6. The first-order chi connectivity index (χ1) is 8.96. The number of rotatable bonds is 7. The molecular formula is C16H28N2O. The topological polar surface area (TPSA) is 35.5 Å². The zero-order valence-electron chi connectivity index (χ0n) is 12.7. The quantitative estimate of drug-likeness (QED) is 0.795. The van der Waals surface area contributed by atoms with Crippen LogP contribution in [0.3, 0.4) is 0 Å². The van der Waals surface area contributed by atoms with Crippen LogP contribution in [-0.4, -0.2) is 30.3 Å². The zero-order valence-corrected chi connectivity index (χ0v) is 12.7. The Bertz CT molecular complexity index is 354. The van der Waals surface area contributed by atoms with E-state index < -0.39 is 0 Å². The van der Waals surface area contributed by atoms with Crippen LogP contribution < -0.4 is 10.2 Å². The van der Waals surface area contributed by atoms with Crippen molar-refractivity contribution in [3.8, 4) is 0 Å². The highest BCUT2D eigenvalue weighted by atomic mass is 16.3. The Morgan fingerprint density at radius 2 is 1.79 bits per heavy atom. The molecule has 19 heavy (non-hydrogen) atoms. The van der Waals surface area contributed by atoms with Gasteiger partial charge in [-0.3, -0.25) is 0 Å².